The van der Waals surface area contributed by atoms with Gasteiger partial charge in [0.25, 0.3) is 0 Å². The predicted molar refractivity (Wildman–Crippen MR) is 71.8 cm³/mol. The Morgan fingerprint density at radius 1 is 1.17 bits per heavy atom. The molecule has 0 radical (unpaired) electrons. The van der Waals surface area contributed by atoms with Gasteiger partial charge in [-0.1, -0.05) is 13.0 Å². The van der Waals surface area contributed by atoms with Crippen LogP contribution in [0.2, 0.25) is 0 Å². The van der Waals surface area contributed by atoms with Crippen LogP contribution in [0.4, 0.5) is 8.78 Å². The Balaban J connectivity index is 2.26. The fourth-order valence-electron chi connectivity index (χ4n) is 1.81. The molecule has 0 bridgehead atoms. The summed E-state index contributed by atoms with van der Waals surface area (Å²) in [5.41, 5.74) is 6.25. The molecule has 0 spiro atoms. The van der Waals surface area contributed by atoms with E-state index in [1.807, 2.05) is 12.1 Å². The quantitative estimate of drug-likeness (QED) is 0.885. The Labute approximate surface area is 109 Å². The van der Waals surface area contributed by atoms with Crippen LogP contribution < -0.4 is 5.73 Å². The zero-order valence-electron chi connectivity index (χ0n) is 10.1. The molecule has 1 unspecified atom stereocenters. The van der Waals surface area contributed by atoms with E-state index in [2.05, 4.69) is 6.92 Å². The molecular formula is C14H15F2NS. The van der Waals surface area contributed by atoms with Crippen molar-refractivity contribution in [3.8, 4) is 10.4 Å². The molecule has 1 heterocycles. The first kappa shape index (κ1) is 13.2. The van der Waals surface area contributed by atoms with Gasteiger partial charge in [0.2, 0.25) is 0 Å². The number of thiophene rings is 1. The first-order valence-electron chi connectivity index (χ1n) is 5.87. The van der Waals surface area contributed by atoms with Gasteiger partial charge in [0.05, 0.1) is 0 Å². The van der Waals surface area contributed by atoms with Crippen LogP contribution in [0, 0.1) is 11.6 Å². The molecule has 0 fully saturated rings. The lowest BCUT2D eigenvalue weighted by Crippen LogP contribution is -2.03. The molecule has 2 N–H and O–H groups in total. The van der Waals surface area contributed by atoms with Gasteiger partial charge in [-0.05, 0) is 48.7 Å². The predicted octanol–water partition coefficient (Wildman–Crippen LogP) is 4.15. The fraction of sp³-hybridized carbons (Fsp3) is 0.286. The zero-order chi connectivity index (χ0) is 13.1. The van der Waals surface area contributed by atoms with E-state index >= 15 is 0 Å². The summed E-state index contributed by atoms with van der Waals surface area (Å²) in [6.45, 7) is 2.77. The smallest absolute Gasteiger partial charge is 0.159 e. The normalized spacial score (nSPS) is 12.7. The number of halogens is 2. The summed E-state index contributed by atoms with van der Waals surface area (Å²) in [5.74, 6) is -1.22. The highest BCUT2D eigenvalue weighted by Gasteiger charge is 2.10. The van der Waals surface area contributed by atoms with Crippen molar-refractivity contribution < 1.29 is 8.78 Å². The minimum atomic E-state index is -0.813. The van der Waals surface area contributed by atoms with Crippen LogP contribution in [0.15, 0.2) is 30.3 Å². The third kappa shape index (κ3) is 2.76. The van der Waals surface area contributed by atoms with Crippen molar-refractivity contribution in [1.82, 2.24) is 0 Å². The highest BCUT2D eigenvalue weighted by molar-refractivity contribution is 7.15. The minimum Gasteiger partial charge on any atom is -0.330 e. The number of rotatable bonds is 4. The van der Waals surface area contributed by atoms with E-state index in [1.165, 1.54) is 10.9 Å². The molecule has 96 valence electrons. The van der Waals surface area contributed by atoms with E-state index < -0.39 is 11.6 Å². The molecule has 0 aliphatic heterocycles. The van der Waals surface area contributed by atoms with Crippen LogP contribution >= 0.6 is 11.3 Å². The third-order valence-corrected chi connectivity index (χ3v) is 4.28. The lowest BCUT2D eigenvalue weighted by atomic mass is 10.1. The summed E-state index contributed by atoms with van der Waals surface area (Å²) in [6, 6.07) is 7.97. The molecule has 1 aromatic heterocycles. The average Bonchev–Trinajstić information content (AvgIpc) is 2.82. The molecule has 0 aliphatic carbocycles. The Morgan fingerprint density at radius 3 is 2.61 bits per heavy atom. The van der Waals surface area contributed by atoms with Gasteiger partial charge in [0.1, 0.15) is 0 Å². The topological polar surface area (TPSA) is 26.0 Å². The lowest BCUT2D eigenvalue weighted by Gasteiger charge is -2.06. The highest BCUT2D eigenvalue weighted by atomic mass is 32.1. The van der Waals surface area contributed by atoms with Crippen molar-refractivity contribution in [2.24, 2.45) is 5.73 Å². The van der Waals surface area contributed by atoms with Crippen molar-refractivity contribution in [2.45, 2.75) is 19.3 Å². The molecule has 0 aliphatic rings. The summed E-state index contributed by atoms with van der Waals surface area (Å²) in [7, 11) is 0. The first-order chi connectivity index (χ1) is 8.61. The number of nitrogens with two attached hydrogens (primary N) is 1. The first-order valence-corrected chi connectivity index (χ1v) is 6.68. The maximum atomic E-state index is 13.2. The Bertz CT molecular complexity index is 536. The fourth-order valence-corrected chi connectivity index (χ4v) is 2.90. The molecule has 0 saturated carbocycles. The van der Waals surface area contributed by atoms with Gasteiger partial charge in [0, 0.05) is 9.75 Å². The lowest BCUT2D eigenvalue weighted by molar-refractivity contribution is 0.509. The average molecular weight is 267 g/mol. The Morgan fingerprint density at radius 2 is 1.94 bits per heavy atom. The summed E-state index contributed by atoms with van der Waals surface area (Å²) in [6.07, 6.45) is 0.928. The SMILES string of the molecule is CC(CCN)c1ccc(-c2ccc(F)c(F)c2)s1. The van der Waals surface area contributed by atoms with E-state index in [-0.39, 0.29) is 0 Å². The molecule has 0 saturated heterocycles. The second kappa shape index (κ2) is 5.59. The summed E-state index contributed by atoms with van der Waals surface area (Å²) < 4.78 is 26.0. The summed E-state index contributed by atoms with van der Waals surface area (Å²) in [4.78, 5) is 2.17. The second-order valence-electron chi connectivity index (χ2n) is 4.31. The minimum absolute atomic E-state index is 0.402. The molecule has 4 heteroatoms. The molecule has 0 amide bonds. The van der Waals surface area contributed by atoms with Gasteiger partial charge >= 0.3 is 0 Å². The van der Waals surface area contributed by atoms with Crippen molar-refractivity contribution in [1.29, 1.82) is 0 Å². The Kier molecular flexibility index (Phi) is 4.09. The van der Waals surface area contributed by atoms with Crippen LogP contribution in [0.1, 0.15) is 24.1 Å². The maximum Gasteiger partial charge on any atom is 0.159 e. The molecule has 1 aromatic carbocycles. The molecule has 2 aromatic rings. The van der Waals surface area contributed by atoms with E-state index in [1.54, 1.807) is 17.4 Å². The van der Waals surface area contributed by atoms with Gasteiger partial charge < -0.3 is 5.73 Å². The standard InChI is InChI=1S/C14H15F2NS/c1-9(6-7-17)13-4-5-14(18-13)10-2-3-11(15)12(16)8-10/h2-5,8-9H,6-7,17H2,1H3. The Hall–Kier alpha value is -1.26. The number of hydrogen-bond acceptors (Lipinski definition) is 2. The highest BCUT2D eigenvalue weighted by Crippen LogP contribution is 2.33. The number of benzene rings is 1. The molecule has 1 nitrogen and oxygen atoms in total. The van der Waals surface area contributed by atoms with E-state index in [0.717, 1.165) is 17.4 Å². The van der Waals surface area contributed by atoms with Gasteiger partial charge in [0.15, 0.2) is 11.6 Å². The molecular weight excluding hydrogens is 252 g/mol. The summed E-state index contributed by atoms with van der Waals surface area (Å²) >= 11 is 1.60. The van der Waals surface area contributed by atoms with E-state index in [0.29, 0.717) is 18.0 Å². The van der Waals surface area contributed by atoms with Crippen LogP contribution in [-0.4, -0.2) is 6.54 Å². The van der Waals surface area contributed by atoms with Gasteiger partial charge in [-0.25, -0.2) is 8.78 Å². The van der Waals surface area contributed by atoms with Crippen molar-refractivity contribution >= 4 is 11.3 Å². The van der Waals surface area contributed by atoms with Gasteiger partial charge in [-0.3, -0.25) is 0 Å². The summed E-state index contributed by atoms with van der Waals surface area (Å²) in [5, 5.41) is 0. The van der Waals surface area contributed by atoms with E-state index in [4.69, 9.17) is 5.73 Å². The largest absolute Gasteiger partial charge is 0.330 e. The van der Waals surface area contributed by atoms with Crippen LogP contribution in [-0.2, 0) is 0 Å². The number of hydrogen-bond donors (Lipinski definition) is 1. The third-order valence-electron chi connectivity index (χ3n) is 2.92. The van der Waals surface area contributed by atoms with Crippen molar-refractivity contribution in [3.05, 3.63) is 46.8 Å². The monoisotopic (exact) mass is 267 g/mol. The van der Waals surface area contributed by atoms with Crippen LogP contribution in [0.5, 0.6) is 0 Å². The molecule has 1 atom stereocenters. The van der Waals surface area contributed by atoms with E-state index in [9.17, 15) is 8.78 Å². The van der Waals surface area contributed by atoms with Crippen molar-refractivity contribution in [3.63, 3.8) is 0 Å². The van der Waals surface area contributed by atoms with Crippen LogP contribution in [0.25, 0.3) is 10.4 Å². The van der Waals surface area contributed by atoms with Crippen LogP contribution in [0.3, 0.4) is 0 Å². The molecule has 18 heavy (non-hydrogen) atoms. The maximum absolute atomic E-state index is 13.2. The zero-order valence-corrected chi connectivity index (χ0v) is 10.9. The van der Waals surface area contributed by atoms with Gasteiger partial charge in [-0.2, -0.15) is 0 Å². The van der Waals surface area contributed by atoms with Crippen molar-refractivity contribution in [2.75, 3.05) is 6.54 Å². The van der Waals surface area contributed by atoms with Gasteiger partial charge in [-0.15, -0.1) is 11.3 Å². The molecule has 2 rings (SSSR count). The second-order valence-corrected chi connectivity index (χ2v) is 5.42.